The van der Waals surface area contributed by atoms with Gasteiger partial charge in [-0.25, -0.2) is 15.0 Å². The summed E-state index contributed by atoms with van der Waals surface area (Å²) in [4.78, 5) is 16.5. The van der Waals surface area contributed by atoms with Crippen LogP contribution in [0.4, 0.5) is 5.95 Å². The molecule has 0 saturated carbocycles. The fourth-order valence-corrected chi connectivity index (χ4v) is 2.99. The van der Waals surface area contributed by atoms with Crippen molar-refractivity contribution in [3.63, 3.8) is 0 Å². The fourth-order valence-electron chi connectivity index (χ4n) is 1.32. The van der Waals surface area contributed by atoms with Gasteiger partial charge in [0.1, 0.15) is 9.86 Å². The number of nitrogens with one attached hydrogen (secondary N) is 1. The summed E-state index contributed by atoms with van der Waals surface area (Å²) in [5, 5.41) is 4.62. The maximum Gasteiger partial charge on any atom is 0.222 e. The number of aromatic amines is 1. The highest BCUT2D eigenvalue weighted by Gasteiger charge is 2.09. The Kier molecular flexibility index (Phi) is 2.26. The predicted octanol–water partition coefficient (Wildman–Crippen LogP) is 2.15. The molecule has 5 nitrogen and oxygen atoms in total. The van der Waals surface area contributed by atoms with Gasteiger partial charge in [-0.1, -0.05) is 0 Å². The van der Waals surface area contributed by atoms with Crippen molar-refractivity contribution >= 4 is 39.3 Å². The van der Waals surface area contributed by atoms with Crippen LogP contribution in [0.25, 0.3) is 10.2 Å². The van der Waals surface area contributed by atoms with Gasteiger partial charge in [0.25, 0.3) is 0 Å². The Bertz CT molecular complexity index is 616. The van der Waals surface area contributed by atoms with Gasteiger partial charge in [-0.05, 0) is 23.2 Å². The summed E-state index contributed by atoms with van der Waals surface area (Å²) in [6, 6.07) is 1.99. The molecular formula is C9H7N5S2. The minimum atomic E-state index is 0.295. The number of nitrogens with zero attached hydrogens (tertiary/aromatic N) is 3. The van der Waals surface area contributed by atoms with Gasteiger partial charge in [-0.3, -0.25) is 0 Å². The smallest absolute Gasteiger partial charge is 0.222 e. The monoisotopic (exact) mass is 249 g/mol. The van der Waals surface area contributed by atoms with Gasteiger partial charge in [0.15, 0.2) is 5.16 Å². The van der Waals surface area contributed by atoms with E-state index in [1.807, 2.05) is 11.4 Å². The van der Waals surface area contributed by atoms with Crippen LogP contribution in [0.5, 0.6) is 0 Å². The number of H-pyrrole nitrogens is 1. The highest BCUT2D eigenvalue weighted by molar-refractivity contribution is 7.99. The molecule has 3 aromatic heterocycles. The standard InChI is InChI=1S/C9H7N5S2/c10-8-13-6-5(1-4-15-6)7(14-8)16-9-11-2-3-12-9/h1-4H,(H,11,12)(H2,10,13,14). The lowest BCUT2D eigenvalue weighted by atomic mass is 10.4. The molecule has 16 heavy (non-hydrogen) atoms. The summed E-state index contributed by atoms with van der Waals surface area (Å²) in [6.45, 7) is 0. The van der Waals surface area contributed by atoms with Crippen LogP contribution in [-0.2, 0) is 0 Å². The number of aromatic nitrogens is 4. The van der Waals surface area contributed by atoms with Crippen LogP contribution in [0.2, 0.25) is 0 Å². The Morgan fingerprint density at radius 2 is 2.31 bits per heavy atom. The van der Waals surface area contributed by atoms with Gasteiger partial charge in [0, 0.05) is 17.8 Å². The van der Waals surface area contributed by atoms with Crippen molar-refractivity contribution in [3.8, 4) is 0 Å². The van der Waals surface area contributed by atoms with Crippen LogP contribution in [0, 0.1) is 0 Å². The molecule has 0 amide bonds. The van der Waals surface area contributed by atoms with Crippen molar-refractivity contribution in [3.05, 3.63) is 23.8 Å². The number of anilines is 1. The second kappa shape index (κ2) is 3.76. The zero-order valence-corrected chi connectivity index (χ0v) is 9.68. The Morgan fingerprint density at radius 1 is 1.38 bits per heavy atom. The lowest BCUT2D eigenvalue weighted by molar-refractivity contribution is 1.04. The molecule has 0 spiro atoms. The van der Waals surface area contributed by atoms with Crippen LogP contribution in [0.1, 0.15) is 0 Å². The number of imidazole rings is 1. The number of nitrogen functional groups attached to an aromatic ring is 1. The first-order chi connectivity index (χ1) is 7.83. The second-order valence-corrected chi connectivity index (χ2v) is 4.89. The highest BCUT2D eigenvalue weighted by atomic mass is 32.2. The first-order valence-corrected chi connectivity index (χ1v) is 6.20. The van der Waals surface area contributed by atoms with Crippen LogP contribution in [0.3, 0.4) is 0 Å². The minimum absolute atomic E-state index is 0.295. The van der Waals surface area contributed by atoms with E-state index in [1.54, 1.807) is 23.7 Å². The van der Waals surface area contributed by atoms with Crippen molar-refractivity contribution < 1.29 is 0 Å². The van der Waals surface area contributed by atoms with Crippen molar-refractivity contribution in [2.45, 2.75) is 10.2 Å². The zero-order chi connectivity index (χ0) is 11.0. The third-order valence-electron chi connectivity index (χ3n) is 1.97. The lowest BCUT2D eigenvalue weighted by Gasteiger charge is -2.00. The molecule has 0 bridgehead atoms. The molecule has 0 saturated heterocycles. The van der Waals surface area contributed by atoms with Crippen molar-refractivity contribution in [1.82, 2.24) is 19.9 Å². The summed E-state index contributed by atoms with van der Waals surface area (Å²) < 4.78 is 0. The van der Waals surface area contributed by atoms with Gasteiger partial charge in [-0.2, -0.15) is 0 Å². The molecule has 80 valence electrons. The van der Waals surface area contributed by atoms with Crippen molar-refractivity contribution in [2.24, 2.45) is 0 Å². The average molecular weight is 249 g/mol. The molecule has 0 fully saturated rings. The number of nitrogens with two attached hydrogens (primary N) is 1. The van der Waals surface area contributed by atoms with E-state index in [2.05, 4.69) is 19.9 Å². The maximum atomic E-state index is 5.65. The van der Waals surface area contributed by atoms with E-state index in [0.29, 0.717) is 5.95 Å². The van der Waals surface area contributed by atoms with E-state index in [1.165, 1.54) is 11.8 Å². The Balaban J connectivity index is 2.11. The Hall–Kier alpha value is -1.60. The number of fused-ring (bicyclic) bond motifs is 1. The zero-order valence-electron chi connectivity index (χ0n) is 8.04. The summed E-state index contributed by atoms with van der Waals surface area (Å²) >= 11 is 3.00. The SMILES string of the molecule is Nc1nc(Sc2ncc[nH]2)c2ccsc2n1. The first-order valence-electron chi connectivity index (χ1n) is 4.51. The predicted molar refractivity (Wildman–Crippen MR) is 64.5 cm³/mol. The van der Waals surface area contributed by atoms with E-state index in [4.69, 9.17) is 5.73 Å². The quantitative estimate of drug-likeness (QED) is 0.680. The summed E-state index contributed by atoms with van der Waals surface area (Å²) in [5.41, 5.74) is 5.65. The van der Waals surface area contributed by atoms with Crippen LogP contribution >= 0.6 is 23.1 Å². The highest BCUT2D eigenvalue weighted by Crippen LogP contribution is 2.31. The molecular weight excluding hydrogens is 242 g/mol. The molecule has 0 aliphatic heterocycles. The summed E-state index contributed by atoms with van der Waals surface area (Å²) in [7, 11) is 0. The van der Waals surface area contributed by atoms with Gasteiger partial charge in [0.05, 0.1) is 0 Å². The van der Waals surface area contributed by atoms with E-state index in [-0.39, 0.29) is 0 Å². The molecule has 3 heterocycles. The molecule has 7 heteroatoms. The van der Waals surface area contributed by atoms with Crippen LogP contribution < -0.4 is 5.73 Å². The summed E-state index contributed by atoms with van der Waals surface area (Å²) in [5.74, 6) is 0.295. The van der Waals surface area contributed by atoms with E-state index < -0.39 is 0 Å². The summed E-state index contributed by atoms with van der Waals surface area (Å²) in [6.07, 6.45) is 3.48. The Labute approximate surface area is 99.1 Å². The largest absolute Gasteiger partial charge is 0.368 e. The van der Waals surface area contributed by atoms with Crippen LogP contribution in [0.15, 0.2) is 34.0 Å². The number of hydrogen-bond acceptors (Lipinski definition) is 6. The third-order valence-corrected chi connectivity index (χ3v) is 3.70. The van der Waals surface area contributed by atoms with Crippen molar-refractivity contribution in [1.29, 1.82) is 0 Å². The van der Waals surface area contributed by atoms with Gasteiger partial charge in [0.2, 0.25) is 5.95 Å². The van der Waals surface area contributed by atoms with E-state index >= 15 is 0 Å². The molecule has 3 rings (SSSR count). The van der Waals surface area contributed by atoms with E-state index in [9.17, 15) is 0 Å². The molecule has 0 aromatic carbocycles. The number of hydrogen-bond donors (Lipinski definition) is 2. The normalized spacial score (nSPS) is 11.0. The molecule has 3 aromatic rings. The Morgan fingerprint density at radius 3 is 3.12 bits per heavy atom. The average Bonchev–Trinajstić information content (AvgIpc) is 2.87. The molecule has 0 unspecified atom stereocenters. The lowest BCUT2D eigenvalue weighted by Crippen LogP contribution is -1.95. The first kappa shape index (κ1) is 9.61. The van der Waals surface area contributed by atoms with Gasteiger partial charge in [-0.15, -0.1) is 11.3 Å². The topological polar surface area (TPSA) is 80.5 Å². The van der Waals surface area contributed by atoms with Gasteiger partial charge < -0.3 is 10.7 Å². The fraction of sp³-hybridized carbons (Fsp3) is 0. The number of thiophene rings is 1. The molecule has 3 N–H and O–H groups in total. The maximum absolute atomic E-state index is 5.65. The molecule has 0 atom stereocenters. The van der Waals surface area contributed by atoms with Gasteiger partial charge >= 0.3 is 0 Å². The third kappa shape index (κ3) is 1.63. The van der Waals surface area contributed by atoms with E-state index in [0.717, 1.165) is 20.4 Å². The second-order valence-electron chi connectivity index (χ2n) is 3.02. The van der Waals surface area contributed by atoms with Crippen LogP contribution in [-0.4, -0.2) is 19.9 Å². The minimum Gasteiger partial charge on any atom is -0.368 e. The molecule has 0 aliphatic carbocycles. The molecule has 0 aliphatic rings. The number of rotatable bonds is 2. The van der Waals surface area contributed by atoms with Crippen molar-refractivity contribution in [2.75, 3.05) is 5.73 Å². The molecule has 0 radical (unpaired) electrons.